The molecule has 5 nitrogen and oxygen atoms in total. The summed E-state index contributed by atoms with van der Waals surface area (Å²) in [6.07, 6.45) is 1.83. The number of likely N-dealkylation sites (tertiary alicyclic amines) is 1. The summed E-state index contributed by atoms with van der Waals surface area (Å²) < 4.78 is 6.36. The second-order valence-corrected chi connectivity index (χ2v) is 6.50. The Morgan fingerprint density at radius 3 is 2.77 bits per heavy atom. The quantitative estimate of drug-likeness (QED) is 0.789. The van der Waals surface area contributed by atoms with Gasteiger partial charge in [-0.15, -0.1) is 0 Å². The number of carbonyl (C=O) groups is 2. The van der Waals surface area contributed by atoms with E-state index in [1.165, 1.54) is 0 Å². The van der Waals surface area contributed by atoms with Crippen molar-refractivity contribution < 1.29 is 14.0 Å². The van der Waals surface area contributed by atoms with E-state index in [2.05, 4.69) is 27.9 Å². The maximum atomic E-state index is 12.3. The molecule has 1 saturated heterocycles. The van der Waals surface area contributed by atoms with Gasteiger partial charge in [-0.2, -0.15) is 0 Å². The number of anilines is 1. The summed E-state index contributed by atoms with van der Waals surface area (Å²) in [5.41, 5.74) is 0.752. The molecule has 1 aliphatic heterocycles. The van der Waals surface area contributed by atoms with E-state index in [0.717, 1.165) is 15.0 Å². The number of hydrogen-bond donors (Lipinski definition) is 1. The molecule has 1 atom stereocenters. The van der Waals surface area contributed by atoms with Crippen molar-refractivity contribution >= 4 is 40.1 Å². The SMILES string of the molecule is O=C(Nc1ccc(I)cc1)C1CC(=O)N(Cc2ccco2)C1. The summed E-state index contributed by atoms with van der Waals surface area (Å²) in [6.45, 7) is 0.842. The van der Waals surface area contributed by atoms with E-state index in [9.17, 15) is 9.59 Å². The second-order valence-electron chi connectivity index (χ2n) is 5.25. The lowest BCUT2D eigenvalue weighted by atomic mass is 10.1. The van der Waals surface area contributed by atoms with Crippen LogP contribution in [0.5, 0.6) is 0 Å². The normalized spacial score (nSPS) is 17.8. The minimum absolute atomic E-state index is 0.0147. The van der Waals surface area contributed by atoms with Crippen molar-refractivity contribution in [3.8, 4) is 0 Å². The average Bonchev–Trinajstić information content (AvgIpc) is 3.13. The van der Waals surface area contributed by atoms with E-state index in [4.69, 9.17) is 4.42 Å². The van der Waals surface area contributed by atoms with Crippen LogP contribution in [0.4, 0.5) is 5.69 Å². The lowest BCUT2D eigenvalue weighted by molar-refractivity contribution is -0.128. The van der Waals surface area contributed by atoms with E-state index in [0.29, 0.717) is 13.1 Å². The molecule has 0 spiro atoms. The lowest BCUT2D eigenvalue weighted by Crippen LogP contribution is -2.27. The average molecular weight is 410 g/mol. The van der Waals surface area contributed by atoms with Crippen LogP contribution in [0.3, 0.4) is 0 Å². The van der Waals surface area contributed by atoms with Crippen LogP contribution in [0, 0.1) is 9.49 Å². The van der Waals surface area contributed by atoms with Crippen LogP contribution in [-0.2, 0) is 16.1 Å². The predicted molar refractivity (Wildman–Crippen MR) is 90.0 cm³/mol. The fourth-order valence-electron chi connectivity index (χ4n) is 2.47. The van der Waals surface area contributed by atoms with Crippen molar-refractivity contribution in [3.05, 3.63) is 52.0 Å². The van der Waals surface area contributed by atoms with Gasteiger partial charge in [-0.05, 0) is 59.0 Å². The number of furan rings is 1. The molecule has 1 N–H and O–H groups in total. The number of rotatable bonds is 4. The highest BCUT2D eigenvalue weighted by Crippen LogP contribution is 2.22. The van der Waals surface area contributed by atoms with Crippen LogP contribution in [-0.4, -0.2) is 23.3 Å². The van der Waals surface area contributed by atoms with Crippen LogP contribution >= 0.6 is 22.6 Å². The number of nitrogens with one attached hydrogen (secondary N) is 1. The third-order valence-electron chi connectivity index (χ3n) is 3.62. The number of carbonyl (C=O) groups excluding carboxylic acids is 2. The van der Waals surface area contributed by atoms with Gasteiger partial charge in [0.15, 0.2) is 0 Å². The van der Waals surface area contributed by atoms with Gasteiger partial charge >= 0.3 is 0 Å². The minimum atomic E-state index is -0.318. The Morgan fingerprint density at radius 2 is 2.09 bits per heavy atom. The van der Waals surface area contributed by atoms with Crippen molar-refractivity contribution in [2.24, 2.45) is 5.92 Å². The largest absolute Gasteiger partial charge is 0.467 e. The molecule has 0 radical (unpaired) electrons. The summed E-state index contributed by atoms with van der Waals surface area (Å²) in [5.74, 6) is 0.282. The Bertz CT molecular complexity index is 667. The molecule has 1 fully saturated rings. The van der Waals surface area contributed by atoms with Crippen molar-refractivity contribution in [3.63, 3.8) is 0 Å². The number of nitrogens with zero attached hydrogens (tertiary/aromatic N) is 1. The van der Waals surface area contributed by atoms with Crippen LogP contribution in [0.25, 0.3) is 0 Å². The Morgan fingerprint density at radius 1 is 1.32 bits per heavy atom. The minimum Gasteiger partial charge on any atom is -0.467 e. The maximum Gasteiger partial charge on any atom is 0.229 e. The molecule has 3 rings (SSSR count). The highest BCUT2D eigenvalue weighted by Gasteiger charge is 2.34. The van der Waals surface area contributed by atoms with Gasteiger partial charge in [-0.3, -0.25) is 9.59 Å². The van der Waals surface area contributed by atoms with Crippen LogP contribution in [0.2, 0.25) is 0 Å². The molecule has 114 valence electrons. The van der Waals surface area contributed by atoms with E-state index in [1.54, 1.807) is 17.2 Å². The second kappa shape index (κ2) is 6.51. The van der Waals surface area contributed by atoms with Crippen molar-refractivity contribution in [1.82, 2.24) is 4.90 Å². The third kappa shape index (κ3) is 3.49. The summed E-state index contributed by atoms with van der Waals surface area (Å²) in [6, 6.07) is 11.2. The first-order chi connectivity index (χ1) is 10.6. The van der Waals surface area contributed by atoms with Gasteiger partial charge in [-0.1, -0.05) is 0 Å². The third-order valence-corrected chi connectivity index (χ3v) is 4.34. The zero-order valence-corrected chi connectivity index (χ0v) is 13.9. The molecule has 0 saturated carbocycles. The summed E-state index contributed by atoms with van der Waals surface area (Å²) in [5, 5.41) is 2.87. The first-order valence-corrected chi connectivity index (χ1v) is 8.06. The van der Waals surface area contributed by atoms with E-state index < -0.39 is 0 Å². The van der Waals surface area contributed by atoms with Gasteiger partial charge in [0.25, 0.3) is 0 Å². The fraction of sp³-hybridized carbons (Fsp3) is 0.250. The molecule has 1 aromatic carbocycles. The molecule has 2 heterocycles. The van der Waals surface area contributed by atoms with Gasteiger partial charge in [0.2, 0.25) is 11.8 Å². The molecule has 1 aromatic heterocycles. The molecule has 1 unspecified atom stereocenters. The Hall–Kier alpha value is -1.83. The molecule has 2 amide bonds. The zero-order chi connectivity index (χ0) is 15.5. The molecule has 6 heteroatoms. The fourth-order valence-corrected chi connectivity index (χ4v) is 2.83. The van der Waals surface area contributed by atoms with Gasteiger partial charge in [0, 0.05) is 22.2 Å². The molecule has 0 bridgehead atoms. The van der Waals surface area contributed by atoms with Gasteiger partial charge in [0.1, 0.15) is 5.76 Å². The zero-order valence-electron chi connectivity index (χ0n) is 11.8. The Kier molecular flexibility index (Phi) is 4.47. The van der Waals surface area contributed by atoms with Crippen molar-refractivity contribution in [2.75, 3.05) is 11.9 Å². The summed E-state index contributed by atoms with van der Waals surface area (Å²) in [7, 11) is 0. The molecule has 2 aromatic rings. The lowest BCUT2D eigenvalue weighted by Gasteiger charge is -2.15. The van der Waals surface area contributed by atoms with Crippen LogP contribution < -0.4 is 5.32 Å². The van der Waals surface area contributed by atoms with E-state index in [-0.39, 0.29) is 24.2 Å². The predicted octanol–water partition coefficient (Wildman–Crippen LogP) is 2.87. The highest BCUT2D eigenvalue weighted by molar-refractivity contribution is 14.1. The van der Waals surface area contributed by atoms with Crippen LogP contribution in [0.1, 0.15) is 12.2 Å². The smallest absolute Gasteiger partial charge is 0.229 e. The van der Waals surface area contributed by atoms with Crippen molar-refractivity contribution in [2.45, 2.75) is 13.0 Å². The van der Waals surface area contributed by atoms with Gasteiger partial charge < -0.3 is 14.6 Å². The Balaban J connectivity index is 1.60. The number of halogens is 1. The number of amides is 2. The highest BCUT2D eigenvalue weighted by atomic mass is 127. The molecule has 1 aliphatic rings. The van der Waals surface area contributed by atoms with E-state index in [1.807, 2.05) is 30.3 Å². The Labute approximate surface area is 141 Å². The maximum absolute atomic E-state index is 12.3. The molecule has 0 aliphatic carbocycles. The van der Waals surface area contributed by atoms with Gasteiger partial charge in [0.05, 0.1) is 18.7 Å². The first kappa shape index (κ1) is 15.1. The topological polar surface area (TPSA) is 62.6 Å². The van der Waals surface area contributed by atoms with Crippen molar-refractivity contribution in [1.29, 1.82) is 0 Å². The number of benzene rings is 1. The molecular formula is C16H15IN2O3. The summed E-state index contributed by atoms with van der Waals surface area (Å²) >= 11 is 2.21. The van der Waals surface area contributed by atoms with E-state index >= 15 is 0 Å². The van der Waals surface area contributed by atoms with Crippen LogP contribution in [0.15, 0.2) is 47.1 Å². The molecular weight excluding hydrogens is 395 g/mol. The molecule has 22 heavy (non-hydrogen) atoms. The monoisotopic (exact) mass is 410 g/mol. The van der Waals surface area contributed by atoms with Gasteiger partial charge in [-0.25, -0.2) is 0 Å². The summed E-state index contributed by atoms with van der Waals surface area (Å²) in [4.78, 5) is 26.0. The number of hydrogen-bond acceptors (Lipinski definition) is 3. The first-order valence-electron chi connectivity index (χ1n) is 6.98. The standard InChI is InChI=1S/C16H15IN2O3/c17-12-3-5-13(6-4-12)18-16(21)11-8-15(20)19(9-11)10-14-2-1-7-22-14/h1-7,11H,8-10H2,(H,18,21).